The molecule has 0 heterocycles. The predicted molar refractivity (Wildman–Crippen MR) is 64.6 cm³/mol. The molecular formula is C12H14N2O4. The van der Waals surface area contributed by atoms with Gasteiger partial charge in [0.2, 0.25) is 5.75 Å². The average Bonchev–Trinajstić information content (AvgIpc) is 2.27. The van der Waals surface area contributed by atoms with Crippen molar-refractivity contribution in [1.82, 2.24) is 0 Å². The summed E-state index contributed by atoms with van der Waals surface area (Å²) in [5, 5.41) is 19.6. The van der Waals surface area contributed by atoms with Crippen LogP contribution in [0.3, 0.4) is 0 Å². The van der Waals surface area contributed by atoms with Crippen molar-refractivity contribution in [2.24, 2.45) is 0 Å². The van der Waals surface area contributed by atoms with E-state index < -0.39 is 4.92 Å². The van der Waals surface area contributed by atoms with Gasteiger partial charge in [-0.3, -0.25) is 10.1 Å². The van der Waals surface area contributed by atoms with Gasteiger partial charge in [0.25, 0.3) is 6.26 Å². The van der Waals surface area contributed by atoms with Crippen molar-refractivity contribution in [3.8, 4) is 17.8 Å². The second kappa shape index (κ2) is 4.92. The van der Waals surface area contributed by atoms with Crippen LogP contribution in [0.15, 0.2) is 12.1 Å². The summed E-state index contributed by atoms with van der Waals surface area (Å²) in [6.07, 6.45) is 1.50. The van der Waals surface area contributed by atoms with Gasteiger partial charge in [-0.05, 0) is 17.0 Å². The van der Waals surface area contributed by atoms with Gasteiger partial charge >= 0.3 is 5.69 Å². The van der Waals surface area contributed by atoms with Gasteiger partial charge in [0.15, 0.2) is 5.75 Å². The molecule has 0 amide bonds. The van der Waals surface area contributed by atoms with E-state index in [1.165, 1.54) is 19.4 Å². The van der Waals surface area contributed by atoms with Crippen LogP contribution >= 0.6 is 0 Å². The lowest BCUT2D eigenvalue weighted by Crippen LogP contribution is -2.12. The summed E-state index contributed by atoms with van der Waals surface area (Å²) in [5.41, 5.74) is 0.181. The molecule has 0 bridgehead atoms. The van der Waals surface area contributed by atoms with Gasteiger partial charge in [-0.1, -0.05) is 20.8 Å². The number of methoxy groups -OCH3 is 1. The van der Waals surface area contributed by atoms with Crippen molar-refractivity contribution in [1.29, 1.82) is 5.26 Å². The molecular weight excluding hydrogens is 236 g/mol. The van der Waals surface area contributed by atoms with E-state index in [0.29, 0.717) is 5.56 Å². The summed E-state index contributed by atoms with van der Waals surface area (Å²) in [7, 11) is 1.29. The second-order valence-electron chi connectivity index (χ2n) is 4.73. The highest BCUT2D eigenvalue weighted by Crippen LogP contribution is 2.41. The van der Waals surface area contributed by atoms with Crippen molar-refractivity contribution < 1.29 is 14.4 Å². The van der Waals surface area contributed by atoms with Gasteiger partial charge in [-0.2, -0.15) is 0 Å². The molecule has 0 N–H and O–H groups in total. The third kappa shape index (κ3) is 2.69. The molecule has 18 heavy (non-hydrogen) atoms. The Morgan fingerprint density at radius 1 is 1.39 bits per heavy atom. The maximum Gasteiger partial charge on any atom is 0.315 e. The number of nitrogens with zero attached hydrogens (tertiary/aromatic N) is 2. The van der Waals surface area contributed by atoms with Crippen LogP contribution in [0.4, 0.5) is 5.69 Å². The standard InChI is InChI=1S/C12H14N2O4/c1-12(2,3)8-5-9(14(15)16)11(17-4)10(6-8)18-7-13/h5-6H,1-4H3. The van der Waals surface area contributed by atoms with Gasteiger partial charge in [-0.15, -0.1) is 5.26 Å². The minimum Gasteiger partial charge on any atom is -0.488 e. The molecule has 0 atom stereocenters. The Bertz CT molecular complexity index is 512. The minimum absolute atomic E-state index is 0.0467. The molecule has 0 spiro atoms. The summed E-state index contributed by atoms with van der Waals surface area (Å²) < 4.78 is 9.67. The van der Waals surface area contributed by atoms with E-state index in [-0.39, 0.29) is 22.6 Å². The Hall–Kier alpha value is -2.29. The van der Waals surface area contributed by atoms with Gasteiger partial charge in [0, 0.05) is 6.07 Å². The van der Waals surface area contributed by atoms with E-state index in [1.807, 2.05) is 20.8 Å². The van der Waals surface area contributed by atoms with E-state index in [4.69, 9.17) is 14.7 Å². The molecule has 0 saturated heterocycles. The highest BCUT2D eigenvalue weighted by Gasteiger charge is 2.26. The fourth-order valence-corrected chi connectivity index (χ4v) is 1.49. The average molecular weight is 250 g/mol. The van der Waals surface area contributed by atoms with E-state index in [2.05, 4.69) is 0 Å². The van der Waals surface area contributed by atoms with Crippen LogP contribution in [0.2, 0.25) is 0 Å². The Morgan fingerprint density at radius 3 is 2.39 bits per heavy atom. The van der Waals surface area contributed by atoms with Crippen molar-refractivity contribution in [2.75, 3.05) is 7.11 Å². The first-order valence-corrected chi connectivity index (χ1v) is 5.24. The molecule has 96 valence electrons. The van der Waals surface area contributed by atoms with Crippen molar-refractivity contribution >= 4 is 5.69 Å². The van der Waals surface area contributed by atoms with Crippen molar-refractivity contribution in [3.63, 3.8) is 0 Å². The Balaban J connectivity index is 3.55. The summed E-state index contributed by atoms with van der Waals surface area (Å²) in [4.78, 5) is 10.4. The zero-order valence-electron chi connectivity index (χ0n) is 10.7. The Labute approximate surface area is 105 Å². The summed E-state index contributed by atoms with van der Waals surface area (Å²) in [5.74, 6) is 0.00803. The van der Waals surface area contributed by atoms with Gasteiger partial charge in [0.05, 0.1) is 12.0 Å². The summed E-state index contributed by atoms with van der Waals surface area (Å²) in [6, 6.07) is 3.01. The summed E-state index contributed by atoms with van der Waals surface area (Å²) >= 11 is 0. The molecule has 0 aromatic heterocycles. The van der Waals surface area contributed by atoms with Crippen LogP contribution in [0.25, 0.3) is 0 Å². The maximum absolute atomic E-state index is 11.0. The maximum atomic E-state index is 11.0. The molecule has 0 unspecified atom stereocenters. The number of ether oxygens (including phenoxy) is 2. The smallest absolute Gasteiger partial charge is 0.315 e. The molecule has 0 radical (unpaired) electrons. The molecule has 0 aliphatic carbocycles. The van der Waals surface area contributed by atoms with Crippen LogP contribution in [0.5, 0.6) is 11.5 Å². The normalized spacial score (nSPS) is 10.6. The molecule has 6 heteroatoms. The molecule has 0 fully saturated rings. The van der Waals surface area contributed by atoms with Crippen molar-refractivity contribution in [3.05, 3.63) is 27.8 Å². The molecule has 1 aromatic rings. The van der Waals surface area contributed by atoms with Gasteiger partial charge in [-0.25, -0.2) is 0 Å². The van der Waals surface area contributed by atoms with Gasteiger partial charge < -0.3 is 9.47 Å². The molecule has 0 aliphatic rings. The van der Waals surface area contributed by atoms with E-state index in [9.17, 15) is 10.1 Å². The minimum atomic E-state index is -0.557. The number of nitriles is 1. The predicted octanol–water partition coefficient (Wildman–Crippen LogP) is 2.76. The highest BCUT2D eigenvalue weighted by molar-refractivity contribution is 5.59. The quantitative estimate of drug-likeness (QED) is 0.467. The first kappa shape index (κ1) is 13.8. The zero-order chi connectivity index (χ0) is 13.9. The zero-order valence-corrected chi connectivity index (χ0v) is 10.7. The number of hydrogen-bond acceptors (Lipinski definition) is 5. The number of benzene rings is 1. The van der Waals surface area contributed by atoms with Crippen LogP contribution in [0, 0.1) is 21.6 Å². The monoisotopic (exact) mass is 250 g/mol. The van der Waals surface area contributed by atoms with Gasteiger partial charge in [0.1, 0.15) is 0 Å². The lowest BCUT2D eigenvalue weighted by molar-refractivity contribution is -0.385. The number of nitro groups is 1. The first-order chi connectivity index (χ1) is 8.31. The number of hydrogen-bond donors (Lipinski definition) is 0. The summed E-state index contributed by atoms with van der Waals surface area (Å²) in [6.45, 7) is 5.73. The lowest BCUT2D eigenvalue weighted by atomic mass is 9.86. The largest absolute Gasteiger partial charge is 0.488 e. The molecule has 6 nitrogen and oxygen atoms in total. The van der Waals surface area contributed by atoms with Crippen LogP contribution < -0.4 is 9.47 Å². The Kier molecular flexibility index (Phi) is 3.76. The molecule has 0 aliphatic heterocycles. The number of nitro benzene ring substituents is 1. The SMILES string of the molecule is COc1c(OC#N)cc(C(C)(C)C)cc1[N+](=O)[O-]. The topological polar surface area (TPSA) is 85.4 Å². The first-order valence-electron chi connectivity index (χ1n) is 5.24. The molecule has 0 saturated carbocycles. The van der Waals surface area contributed by atoms with E-state index in [0.717, 1.165) is 0 Å². The van der Waals surface area contributed by atoms with Crippen LogP contribution in [-0.4, -0.2) is 12.0 Å². The van der Waals surface area contributed by atoms with E-state index >= 15 is 0 Å². The fraction of sp³-hybridized carbons (Fsp3) is 0.417. The second-order valence-corrected chi connectivity index (χ2v) is 4.73. The third-order valence-corrected chi connectivity index (χ3v) is 2.46. The van der Waals surface area contributed by atoms with Crippen LogP contribution in [0.1, 0.15) is 26.3 Å². The molecule has 1 rings (SSSR count). The highest BCUT2D eigenvalue weighted by atomic mass is 16.6. The molecule has 1 aromatic carbocycles. The van der Waals surface area contributed by atoms with E-state index in [1.54, 1.807) is 6.07 Å². The fourth-order valence-electron chi connectivity index (χ4n) is 1.49. The number of rotatable bonds is 3. The third-order valence-electron chi connectivity index (χ3n) is 2.46. The lowest BCUT2D eigenvalue weighted by Gasteiger charge is -2.20. The van der Waals surface area contributed by atoms with Crippen molar-refractivity contribution in [2.45, 2.75) is 26.2 Å². The Morgan fingerprint density at radius 2 is 2.00 bits per heavy atom. The van der Waals surface area contributed by atoms with Crippen LogP contribution in [-0.2, 0) is 5.41 Å².